The van der Waals surface area contributed by atoms with Crippen LogP contribution >= 0.6 is 23.1 Å². The van der Waals surface area contributed by atoms with Crippen molar-refractivity contribution in [1.82, 2.24) is 10.2 Å². The van der Waals surface area contributed by atoms with E-state index in [9.17, 15) is 14.9 Å². The molecule has 0 bridgehead atoms. The van der Waals surface area contributed by atoms with E-state index in [4.69, 9.17) is 4.74 Å². The summed E-state index contributed by atoms with van der Waals surface area (Å²) >= 11 is 2.56. The average molecular weight is 431 g/mol. The number of nitro benzene ring substituents is 1. The van der Waals surface area contributed by atoms with E-state index in [2.05, 4.69) is 20.8 Å². The predicted octanol–water partition coefficient (Wildman–Crippen LogP) is 4.24. The number of amides is 1. The van der Waals surface area contributed by atoms with Crippen LogP contribution in [0.15, 0.2) is 46.8 Å². The number of aromatic nitrogens is 2. The fraction of sp³-hybridized carbons (Fsp3) is 0.167. The van der Waals surface area contributed by atoms with E-state index in [-0.39, 0.29) is 17.3 Å². The van der Waals surface area contributed by atoms with Crippen LogP contribution in [-0.4, -0.2) is 33.9 Å². The van der Waals surface area contributed by atoms with Gasteiger partial charge in [0.25, 0.3) is 5.69 Å². The van der Waals surface area contributed by atoms with Gasteiger partial charge < -0.3 is 15.4 Å². The number of hydrogen-bond acceptors (Lipinski definition) is 9. The Kier molecular flexibility index (Phi) is 6.62. The van der Waals surface area contributed by atoms with Crippen molar-refractivity contribution in [2.75, 3.05) is 23.5 Å². The van der Waals surface area contributed by atoms with E-state index in [1.165, 1.54) is 35.2 Å². The fourth-order valence-corrected chi connectivity index (χ4v) is 3.99. The van der Waals surface area contributed by atoms with Crippen molar-refractivity contribution in [3.63, 3.8) is 0 Å². The molecule has 0 unspecified atom stereocenters. The van der Waals surface area contributed by atoms with Gasteiger partial charge in [-0.15, -0.1) is 10.2 Å². The second kappa shape index (κ2) is 9.34. The molecule has 11 heteroatoms. The number of thioether (sulfide) groups is 1. The third-order valence-corrected chi connectivity index (χ3v) is 5.80. The molecule has 1 amide bonds. The lowest BCUT2D eigenvalue weighted by Crippen LogP contribution is -2.15. The number of rotatable bonds is 8. The van der Waals surface area contributed by atoms with Gasteiger partial charge in [0.1, 0.15) is 5.75 Å². The second-order valence-electron chi connectivity index (χ2n) is 5.77. The molecule has 0 aliphatic rings. The summed E-state index contributed by atoms with van der Waals surface area (Å²) < 4.78 is 5.81. The molecule has 3 rings (SSSR count). The summed E-state index contributed by atoms with van der Waals surface area (Å²) in [6.07, 6.45) is 0. The Labute approximate surface area is 174 Å². The van der Waals surface area contributed by atoms with E-state index >= 15 is 0 Å². The molecule has 150 valence electrons. The number of nitrogens with zero attached hydrogens (tertiary/aromatic N) is 3. The first kappa shape index (κ1) is 20.6. The number of carbonyl (C=O) groups is 1. The number of carbonyl (C=O) groups excluding carboxylic acids is 1. The quantitative estimate of drug-likeness (QED) is 0.309. The van der Waals surface area contributed by atoms with Gasteiger partial charge >= 0.3 is 0 Å². The van der Waals surface area contributed by atoms with Crippen molar-refractivity contribution in [1.29, 1.82) is 0 Å². The molecule has 2 aromatic carbocycles. The Morgan fingerprint density at radius 2 is 2.07 bits per heavy atom. The van der Waals surface area contributed by atoms with Crippen LogP contribution in [0.2, 0.25) is 0 Å². The summed E-state index contributed by atoms with van der Waals surface area (Å²) in [6, 6.07) is 12.0. The highest BCUT2D eigenvalue weighted by Gasteiger charge is 2.15. The summed E-state index contributed by atoms with van der Waals surface area (Å²) in [4.78, 5) is 22.7. The minimum atomic E-state index is -0.474. The number of hydrogen-bond donors (Lipinski definition) is 2. The summed E-state index contributed by atoms with van der Waals surface area (Å²) in [7, 11) is 1.60. The van der Waals surface area contributed by atoms with Gasteiger partial charge in [-0.2, -0.15) is 0 Å². The molecule has 0 spiro atoms. The van der Waals surface area contributed by atoms with Crippen molar-refractivity contribution in [2.45, 2.75) is 11.3 Å². The fourth-order valence-electron chi connectivity index (χ4n) is 2.41. The SMILES string of the molecule is COc1cccc(Nc2nnc(SCC(=O)Nc3cccc([N+](=O)[O-])c3C)s2)c1. The summed E-state index contributed by atoms with van der Waals surface area (Å²) in [6.45, 7) is 1.60. The predicted molar refractivity (Wildman–Crippen MR) is 113 cm³/mol. The molecule has 9 nitrogen and oxygen atoms in total. The normalized spacial score (nSPS) is 10.4. The second-order valence-corrected chi connectivity index (χ2v) is 7.97. The van der Waals surface area contributed by atoms with Gasteiger partial charge in [0.05, 0.1) is 29.0 Å². The van der Waals surface area contributed by atoms with Crippen LogP contribution in [0.4, 0.5) is 22.2 Å². The number of nitro groups is 1. The van der Waals surface area contributed by atoms with Crippen LogP contribution in [0.5, 0.6) is 5.75 Å². The molecule has 0 saturated carbocycles. The summed E-state index contributed by atoms with van der Waals surface area (Å²) in [5, 5.41) is 25.6. The van der Waals surface area contributed by atoms with E-state index < -0.39 is 4.92 Å². The molecule has 0 radical (unpaired) electrons. The lowest BCUT2D eigenvalue weighted by atomic mass is 10.1. The highest BCUT2D eigenvalue weighted by molar-refractivity contribution is 8.01. The van der Waals surface area contributed by atoms with E-state index in [0.29, 0.717) is 20.7 Å². The molecule has 1 aromatic heterocycles. The monoisotopic (exact) mass is 431 g/mol. The van der Waals surface area contributed by atoms with Crippen molar-refractivity contribution in [3.8, 4) is 5.75 Å². The largest absolute Gasteiger partial charge is 0.497 e. The molecular weight excluding hydrogens is 414 g/mol. The molecule has 0 atom stereocenters. The van der Waals surface area contributed by atoms with Gasteiger partial charge in [-0.1, -0.05) is 35.2 Å². The van der Waals surface area contributed by atoms with E-state index in [0.717, 1.165) is 11.4 Å². The molecule has 0 fully saturated rings. The van der Waals surface area contributed by atoms with Gasteiger partial charge in [0.15, 0.2) is 4.34 Å². The Bertz CT molecular complexity index is 1040. The zero-order chi connectivity index (χ0) is 20.8. The molecule has 0 saturated heterocycles. The number of nitrogens with one attached hydrogen (secondary N) is 2. The molecule has 0 aliphatic heterocycles. The van der Waals surface area contributed by atoms with Crippen LogP contribution < -0.4 is 15.4 Å². The number of benzene rings is 2. The van der Waals surface area contributed by atoms with Crippen LogP contribution in [0.25, 0.3) is 0 Å². The molecular formula is C18H17N5O4S2. The summed E-state index contributed by atoms with van der Waals surface area (Å²) in [5.74, 6) is 0.550. The average Bonchev–Trinajstić information content (AvgIpc) is 3.15. The first-order chi connectivity index (χ1) is 14.0. The number of ether oxygens (including phenoxy) is 1. The molecule has 2 N–H and O–H groups in total. The van der Waals surface area contributed by atoms with Crippen molar-refractivity contribution in [2.24, 2.45) is 0 Å². The maximum absolute atomic E-state index is 12.2. The third-order valence-electron chi connectivity index (χ3n) is 3.83. The van der Waals surface area contributed by atoms with Gasteiger partial charge in [-0.25, -0.2) is 0 Å². The minimum absolute atomic E-state index is 0.0344. The highest BCUT2D eigenvalue weighted by Crippen LogP contribution is 2.29. The minimum Gasteiger partial charge on any atom is -0.497 e. The van der Waals surface area contributed by atoms with Crippen LogP contribution in [0.3, 0.4) is 0 Å². The topological polar surface area (TPSA) is 119 Å². The Hall–Kier alpha value is -3.18. The van der Waals surface area contributed by atoms with Crippen molar-refractivity contribution < 1.29 is 14.5 Å². The van der Waals surface area contributed by atoms with E-state index in [1.54, 1.807) is 20.1 Å². The molecule has 3 aromatic rings. The standard InChI is InChI=1S/C18H17N5O4S2/c1-11-14(7-4-8-15(11)23(25)26)20-16(24)10-28-18-22-21-17(29-18)19-12-5-3-6-13(9-12)27-2/h3-9H,10H2,1-2H3,(H,19,21)(H,20,24). The van der Waals surface area contributed by atoms with Crippen LogP contribution in [-0.2, 0) is 4.79 Å². The molecule has 0 aliphatic carbocycles. The smallest absolute Gasteiger partial charge is 0.274 e. The molecule has 29 heavy (non-hydrogen) atoms. The Morgan fingerprint density at radius 1 is 1.28 bits per heavy atom. The highest BCUT2D eigenvalue weighted by atomic mass is 32.2. The Morgan fingerprint density at radius 3 is 2.83 bits per heavy atom. The van der Waals surface area contributed by atoms with E-state index in [1.807, 2.05) is 24.3 Å². The maximum Gasteiger partial charge on any atom is 0.274 e. The van der Waals surface area contributed by atoms with Gasteiger partial charge in [0.2, 0.25) is 11.0 Å². The van der Waals surface area contributed by atoms with Crippen LogP contribution in [0.1, 0.15) is 5.56 Å². The zero-order valence-corrected chi connectivity index (χ0v) is 17.2. The lowest BCUT2D eigenvalue weighted by Gasteiger charge is -2.07. The third kappa shape index (κ3) is 5.42. The molecule has 1 heterocycles. The Balaban J connectivity index is 1.56. The van der Waals surface area contributed by atoms with Crippen molar-refractivity contribution >= 4 is 51.2 Å². The maximum atomic E-state index is 12.2. The number of anilines is 3. The van der Waals surface area contributed by atoms with Gasteiger partial charge in [-0.05, 0) is 25.1 Å². The lowest BCUT2D eigenvalue weighted by molar-refractivity contribution is -0.385. The van der Waals surface area contributed by atoms with Crippen molar-refractivity contribution in [3.05, 3.63) is 58.1 Å². The number of methoxy groups -OCH3 is 1. The first-order valence-corrected chi connectivity index (χ1v) is 10.2. The zero-order valence-electron chi connectivity index (χ0n) is 15.5. The van der Waals surface area contributed by atoms with Gasteiger partial charge in [-0.3, -0.25) is 14.9 Å². The van der Waals surface area contributed by atoms with Gasteiger partial charge in [0, 0.05) is 17.8 Å². The first-order valence-electron chi connectivity index (χ1n) is 8.37. The summed E-state index contributed by atoms with van der Waals surface area (Å²) in [5.41, 5.74) is 1.61. The van der Waals surface area contributed by atoms with Crippen LogP contribution in [0, 0.1) is 17.0 Å².